The normalized spacial score (nSPS) is 23.7. The van der Waals surface area contributed by atoms with E-state index in [0.717, 1.165) is 17.7 Å². The molecule has 1 atom stereocenters. The minimum absolute atomic E-state index is 0.420. The first-order chi connectivity index (χ1) is 5.63. The third kappa shape index (κ3) is 1.66. The van der Waals surface area contributed by atoms with Gasteiger partial charge in [-0.05, 0) is 19.3 Å². The Morgan fingerprint density at radius 2 is 2.08 bits per heavy atom. The number of carbonyl (C=O) groups excluding carboxylic acids is 1. The Bertz CT molecular complexity index is 183. The van der Waals surface area contributed by atoms with Gasteiger partial charge in [-0.25, -0.2) is 4.79 Å². The van der Waals surface area contributed by atoms with Crippen molar-refractivity contribution in [2.45, 2.75) is 25.3 Å². The number of piperidine rings is 1. The zero-order valence-corrected chi connectivity index (χ0v) is 6.69. The van der Waals surface area contributed by atoms with E-state index < -0.39 is 18.0 Å². The molecule has 1 heterocycles. The summed E-state index contributed by atoms with van der Waals surface area (Å²) in [5.74, 6) is -0.544. The number of nitrogens with two attached hydrogens (primary N) is 1. The Kier molecular flexibility index (Phi) is 2.52. The first-order valence-corrected chi connectivity index (χ1v) is 3.92. The molecule has 0 spiro atoms. The molecular formula is C7H12N2O3. The van der Waals surface area contributed by atoms with Crippen molar-refractivity contribution < 1.29 is 14.7 Å². The molecular weight excluding hydrogens is 160 g/mol. The summed E-state index contributed by atoms with van der Waals surface area (Å²) in [6.45, 7) is 0.420. The van der Waals surface area contributed by atoms with E-state index in [9.17, 15) is 9.59 Å². The van der Waals surface area contributed by atoms with Crippen LogP contribution < -0.4 is 5.73 Å². The Balaban J connectivity index is 2.67. The smallest absolute Gasteiger partial charge is 0.407 e. The van der Waals surface area contributed by atoms with E-state index >= 15 is 0 Å². The van der Waals surface area contributed by atoms with Crippen LogP contribution in [0.4, 0.5) is 4.79 Å². The number of carboxylic acid groups (broad SMARTS) is 1. The van der Waals surface area contributed by atoms with Crippen LogP contribution in [-0.4, -0.2) is 34.6 Å². The molecule has 0 aromatic carbocycles. The SMILES string of the molecule is NC(=O)[C@@H]1CCCCN1C(=O)O. The predicted octanol–water partition coefficient (Wildman–Crippen LogP) is 0.00420. The van der Waals surface area contributed by atoms with Gasteiger partial charge in [0.15, 0.2) is 0 Å². The molecule has 1 aliphatic heterocycles. The molecule has 0 aliphatic carbocycles. The first kappa shape index (κ1) is 8.83. The molecule has 5 heteroatoms. The Labute approximate surface area is 70.1 Å². The van der Waals surface area contributed by atoms with Gasteiger partial charge in [0, 0.05) is 6.54 Å². The van der Waals surface area contributed by atoms with Gasteiger partial charge in [-0.1, -0.05) is 0 Å². The molecule has 1 aliphatic rings. The third-order valence-corrected chi connectivity index (χ3v) is 2.08. The topological polar surface area (TPSA) is 83.6 Å². The molecule has 0 saturated carbocycles. The van der Waals surface area contributed by atoms with Crippen molar-refractivity contribution in [1.82, 2.24) is 4.90 Å². The van der Waals surface area contributed by atoms with Crippen LogP contribution in [0.2, 0.25) is 0 Å². The zero-order chi connectivity index (χ0) is 9.14. The largest absolute Gasteiger partial charge is 0.465 e. The van der Waals surface area contributed by atoms with E-state index in [1.165, 1.54) is 0 Å². The zero-order valence-electron chi connectivity index (χ0n) is 6.69. The van der Waals surface area contributed by atoms with Gasteiger partial charge in [-0.2, -0.15) is 0 Å². The molecule has 0 aromatic heterocycles. The van der Waals surface area contributed by atoms with E-state index in [2.05, 4.69) is 0 Å². The first-order valence-electron chi connectivity index (χ1n) is 3.92. The van der Waals surface area contributed by atoms with Crippen molar-refractivity contribution >= 4 is 12.0 Å². The molecule has 0 bridgehead atoms. The lowest BCUT2D eigenvalue weighted by Crippen LogP contribution is -2.49. The van der Waals surface area contributed by atoms with Crippen LogP contribution in [0.25, 0.3) is 0 Å². The minimum atomic E-state index is -1.06. The number of nitrogens with zero attached hydrogens (tertiary/aromatic N) is 1. The number of hydrogen-bond donors (Lipinski definition) is 2. The van der Waals surface area contributed by atoms with Gasteiger partial charge in [0.1, 0.15) is 6.04 Å². The molecule has 1 rings (SSSR count). The standard InChI is InChI=1S/C7H12N2O3/c8-6(10)5-3-1-2-4-9(5)7(11)12/h5H,1-4H2,(H2,8,10)(H,11,12)/t5-/m0/s1. The van der Waals surface area contributed by atoms with Gasteiger partial charge in [-0.15, -0.1) is 0 Å². The monoisotopic (exact) mass is 172 g/mol. The van der Waals surface area contributed by atoms with Crippen molar-refractivity contribution in [2.24, 2.45) is 5.73 Å². The van der Waals surface area contributed by atoms with Crippen LogP contribution in [-0.2, 0) is 4.79 Å². The second kappa shape index (κ2) is 3.42. The number of carbonyl (C=O) groups is 2. The van der Waals surface area contributed by atoms with Gasteiger partial charge < -0.3 is 10.8 Å². The van der Waals surface area contributed by atoms with E-state index in [0.29, 0.717) is 13.0 Å². The van der Waals surface area contributed by atoms with Crippen LogP contribution in [0.1, 0.15) is 19.3 Å². The fourth-order valence-electron chi connectivity index (χ4n) is 1.46. The highest BCUT2D eigenvalue weighted by molar-refractivity contribution is 5.83. The Morgan fingerprint density at radius 1 is 1.42 bits per heavy atom. The quantitative estimate of drug-likeness (QED) is 0.584. The highest BCUT2D eigenvalue weighted by Crippen LogP contribution is 2.16. The van der Waals surface area contributed by atoms with Gasteiger partial charge >= 0.3 is 6.09 Å². The van der Waals surface area contributed by atoms with Gasteiger partial charge in [-0.3, -0.25) is 9.69 Å². The average Bonchev–Trinajstić information content (AvgIpc) is 2.04. The number of hydrogen-bond acceptors (Lipinski definition) is 2. The van der Waals surface area contributed by atoms with E-state index in [4.69, 9.17) is 10.8 Å². The summed E-state index contributed by atoms with van der Waals surface area (Å²) in [6, 6.07) is -0.615. The maximum absolute atomic E-state index is 10.8. The summed E-state index contributed by atoms with van der Waals surface area (Å²) < 4.78 is 0. The highest BCUT2D eigenvalue weighted by Gasteiger charge is 2.29. The van der Waals surface area contributed by atoms with Gasteiger partial charge in [0.25, 0.3) is 0 Å². The lowest BCUT2D eigenvalue weighted by atomic mass is 10.0. The van der Waals surface area contributed by atoms with Crippen LogP contribution in [0.5, 0.6) is 0 Å². The molecule has 3 N–H and O–H groups in total. The second-order valence-corrected chi connectivity index (χ2v) is 2.89. The Hall–Kier alpha value is -1.26. The second-order valence-electron chi connectivity index (χ2n) is 2.89. The number of likely N-dealkylation sites (tertiary alicyclic amines) is 1. The molecule has 0 radical (unpaired) electrons. The fourth-order valence-corrected chi connectivity index (χ4v) is 1.46. The summed E-state index contributed by atoms with van der Waals surface area (Å²) in [6.07, 6.45) is 1.19. The summed E-state index contributed by atoms with van der Waals surface area (Å²) in [7, 11) is 0. The molecule has 12 heavy (non-hydrogen) atoms. The summed E-state index contributed by atoms with van der Waals surface area (Å²) in [5, 5.41) is 8.68. The molecule has 0 aromatic rings. The predicted molar refractivity (Wildman–Crippen MR) is 41.6 cm³/mol. The molecule has 1 saturated heterocycles. The number of amides is 2. The summed E-state index contributed by atoms with van der Waals surface area (Å²) in [4.78, 5) is 22.5. The molecule has 1 fully saturated rings. The van der Waals surface area contributed by atoms with Crippen LogP contribution in [0.15, 0.2) is 0 Å². The third-order valence-electron chi connectivity index (χ3n) is 2.08. The van der Waals surface area contributed by atoms with Crippen molar-refractivity contribution in [1.29, 1.82) is 0 Å². The van der Waals surface area contributed by atoms with Crippen LogP contribution in [0.3, 0.4) is 0 Å². The molecule has 5 nitrogen and oxygen atoms in total. The van der Waals surface area contributed by atoms with Crippen molar-refractivity contribution in [3.8, 4) is 0 Å². The molecule has 68 valence electrons. The number of rotatable bonds is 1. The lowest BCUT2D eigenvalue weighted by molar-refractivity contribution is -0.123. The molecule has 0 unspecified atom stereocenters. The minimum Gasteiger partial charge on any atom is -0.465 e. The van der Waals surface area contributed by atoms with E-state index in [1.54, 1.807) is 0 Å². The lowest BCUT2D eigenvalue weighted by Gasteiger charge is -2.30. The van der Waals surface area contributed by atoms with Crippen molar-refractivity contribution in [3.05, 3.63) is 0 Å². The maximum Gasteiger partial charge on any atom is 0.407 e. The summed E-state index contributed by atoms with van der Waals surface area (Å²) >= 11 is 0. The highest BCUT2D eigenvalue weighted by atomic mass is 16.4. The average molecular weight is 172 g/mol. The van der Waals surface area contributed by atoms with Crippen LogP contribution >= 0.6 is 0 Å². The van der Waals surface area contributed by atoms with E-state index in [-0.39, 0.29) is 0 Å². The van der Waals surface area contributed by atoms with Gasteiger partial charge in [0.05, 0.1) is 0 Å². The Morgan fingerprint density at radius 3 is 2.50 bits per heavy atom. The van der Waals surface area contributed by atoms with Gasteiger partial charge in [0.2, 0.25) is 5.91 Å². The number of primary amides is 1. The molecule has 2 amide bonds. The van der Waals surface area contributed by atoms with Crippen molar-refractivity contribution in [2.75, 3.05) is 6.54 Å². The summed E-state index contributed by atoms with van der Waals surface area (Å²) in [5.41, 5.74) is 5.05. The maximum atomic E-state index is 10.8. The van der Waals surface area contributed by atoms with E-state index in [1.807, 2.05) is 0 Å². The van der Waals surface area contributed by atoms with Crippen molar-refractivity contribution in [3.63, 3.8) is 0 Å². The van der Waals surface area contributed by atoms with Crippen LogP contribution in [0, 0.1) is 0 Å². The fraction of sp³-hybridized carbons (Fsp3) is 0.714.